The Morgan fingerprint density at radius 2 is 2.00 bits per heavy atom. The van der Waals surface area contributed by atoms with Crippen LogP contribution >= 0.6 is 22.9 Å². The number of nitrogens with zero attached hydrogens (tertiary/aromatic N) is 5. The van der Waals surface area contributed by atoms with Crippen LogP contribution in [0, 0.1) is 0 Å². The molecule has 4 aromatic rings. The van der Waals surface area contributed by atoms with Crippen LogP contribution in [-0.2, 0) is 13.2 Å². The Morgan fingerprint density at radius 1 is 1.22 bits per heavy atom. The number of rotatable bonds is 8. The summed E-state index contributed by atoms with van der Waals surface area (Å²) >= 11 is 7.68. The number of ether oxygens (including phenoxy) is 1. The smallest absolute Gasteiger partial charge is 0.262 e. The molecule has 0 unspecified atom stereocenters. The van der Waals surface area contributed by atoms with Crippen LogP contribution in [0.5, 0.6) is 5.75 Å². The average Bonchev–Trinajstić information content (AvgIpc) is 3.49. The predicted molar refractivity (Wildman–Crippen MR) is 144 cm³/mol. The summed E-state index contributed by atoms with van der Waals surface area (Å²) in [7, 11) is 2.14. The number of aromatic nitrogens is 3. The molecule has 11 heteroatoms. The zero-order valence-electron chi connectivity index (χ0n) is 20.7. The predicted octanol–water partition coefficient (Wildman–Crippen LogP) is 3.59. The van der Waals surface area contributed by atoms with E-state index in [-0.39, 0.29) is 6.61 Å². The van der Waals surface area contributed by atoms with Gasteiger partial charge in [-0.3, -0.25) is 19.1 Å². The third-order valence-corrected chi connectivity index (χ3v) is 8.08. The molecule has 0 radical (unpaired) electrons. The van der Waals surface area contributed by atoms with Gasteiger partial charge in [0.2, 0.25) is 0 Å². The maximum atomic E-state index is 12.3. The highest BCUT2D eigenvalue weighted by Gasteiger charge is 2.22. The highest BCUT2D eigenvalue weighted by atomic mass is 35.5. The van der Waals surface area contributed by atoms with Crippen molar-refractivity contribution in [2.45, 2.75) is 26.2 Å². The summed E-state index contributed by atoms with van der Waals surface area (Å²) < 4.78 is 8.17. The minimum atomic E-state index is -0.564. The van der Waals surface area contributed by atoms with E-state index in [2.05, 4.69) is 26.8 Å². The van der Waals surface area contributed by atoms with E-state index >= 15 is 0 Å². The lowest BCUT2D eigenvalue weighted by molar-refractivity contribution is 0.0998. The lowest BCUT2D eigenvalue weighted by atomic mass is 10.1. The van der Waals surface area contributed by atoms with Crippen molar-refractivity contribution >= 4 is 34.5 Å². The standard InChI is InChI=1S/C26H29ClN6O3S/c1-16(19-4-3-17(15-34)9-20(19)27)36-22-10-23(37-25(22)26(28)35)21-11-30-24-12-29-18(14-33(21)24)13-32-7-5-31(2)6-8-32/h3-4,9-12,14,16,34H,5-8,13,15H2,1-2H3,(H2,28,35)/t16-/m1/s1. The van der Waals surface area contributed by atoms with Gasteiger partial charge >= 0.3 is 0 Å². The van der Waals surface area contributed by atoms with Crippen LogP contribution in [0.4, 0.5) is 0 Å². The maximum absolute atomic E-state index is 12.3. The summed E-state index contributed by atoms with van der Waals surface area (Å²) in [5.74, 6) is -0.171. The third-order valence-electron chi connectivity index (χ3n) is 6.59. The number of nitrogens with two attached hydrogens (primary N) is 1. The van der Waals surface area contributed by atoms with Crippen molar-refractivity contribution in [2.24, 2.45) is 5.73 Å². The number of likely N-dealkylation sites (N-methyl/N-ethyl adjacent to an activating group) is 1. The molecule has 0 aliphatic carbocycles. The molecule has 5 rings (SSSR count). The second kappa shape index (κ2) is 10.8. The van der Waals surface area contributed by atoms with E-state index in [1.165, 1.54) is 11.3 Å². The lowest BCUT2D eigenvalue weighted by Gasteiger charge is -2.32. The number of imidazole rings is 1. The molecular weight excluding hydrogens is 512 g/mol. The number of amides is 1. The highest BCUT2D eigenvalue weighted by Crippen LogP contribution is 2.39. The van der Waals surface area contributed by atoms with Gasteiger partial charge in [-0.25, -0.2) is 4.98 Å². The lowest BCUT2D eigenvalue weighted by Crippen LogP contribution is -2.44. The fourth-order valence-corrected chi connectivity index (χ4v) is 5.75. The zero-order chi connectivity index (χ0) is 26.1. The molecule has 1 aliphatic heterocycles. The molecule has 37 heavy (non-hydrogen) atoms. The number of halogens is 1. The molecule has 0 spiro atoms. The van der Waals surface area contributed by atoms with Crippen LogP contribution in [0.25, 0.3) is 16.2 Å². The van der Waals surface area contributed by atoms with Crippen molar-refractivity contribution in [2.75, 3.05) is 33.2 Å². The van der Waals surface area contributed by atoms with E-state index in [1.807, 2.05) is 29.7 Å². The molecule has 9 nitrogen and oxygen atoms in total. The largest absolute Gasteiger partial charge is 0.484 e. The molecule has 0 saturated carbocycles. The van der Waals surface area contributed by atoms with Crippen LogP contribution in [0.1, 0.15) is 39.5 Å². The van der Waals surface area contributed by atoms with Crippen molar-refractivity contribution in [3.8, 4) is 16.3 Å². The summed E-state index contributed by atoms with van der Waals surface area (Å²) in [6, 6.07) is 7.13. The van der Waals surface area contributed by atoms with E-state index in [1.54, 1.807) is 24.5 Å². The Bertz CT molecular complexity index is 1430. The van der Waals surface area contributed by atoms with E-state index in [4.69, 9.17) is 22.1 Å². The molecule has 1 saturated heterocycles. The van der Waals surface area contributed by atoms with Crippen LogP contribution in [0.2, 0.25) is 5.02 Å². The summed E-state index contributed by atoms with van der Waals surface area (Å²) in [5, 5.41) is 9.83. The van der Waals surface area contributed by atoms with Crippen LogP contribution in [0.15, 0.2) is 42.9 Å². The molecule has 1 fully saturated rings. The van der Waals surface area contributed by atoms with Gasteiger partial charge in [0, 0.05) is 55.6 Å². The zero-order valence-corrected chi connectivity index (χ0v) is 22.3. The number of carbonyl (C=O) groups excluding carboxylic acids is 1. The molecule has 1 atom stereocenters. The van der Waals surface area contributed by atoms with Gasteiger partial charge in [-0.1, -0.05) is 23.7 Å². The summed E-state index contributed by atoms with van der Waals surface area (Å²) in [6.07, 6.45) is 5.10. The van der Waals surface area contributed by atoms with Gasteiger partial charge < -0.3 is 20.5 Å². The number of aliphatic hydroxyl groups is 1. The molecule has 3 aromatic heterocycles. The Hall–Kier alpha value is -3.02. The first kappa shape index (κ1) is 25.6. The summed E-state index contributed by atoms with van der Waals surface area (Å²) in [6.45, 7) is 6.62. The Labute approximate surface area is 224 Å². The van der Waals surface area contributed by atoms with Crippen molar-refractivity contribution in [3.05, 3.63) is 69.6 Å². The van der Waals surface area contributed by atoms with Crippen LogP contribution in [-0.4, -0.2) is 68.4 Å². The first-order valence-electron chi connectivity index (χ1n) is 12.0. The molecule has 4 heterocycles. The number of thiophene rings is 1. The molecule has 194 valence electrons. The Balaban J connectivity index is 1.42. The van der Waals surface area contributed by atoms with Gasteiger partial charge in [0.05, 0.1) is 35.3 Å². The number of carbonyl (C=O) groups is 1. The summed E-state index contributed by atoms with van der Waals surface area (Å²) in [5.41, 5.74) is 9.67. The fraction of sp³-hybridized carbons (Fsp3) is 0.346. The maximum Gasteiger partial charge on any atom is 0.262 e. The molecule has 1 aliphatic rings. The number of aliphatic hydroxyl groups excluding tert-OH is 1. The number of piperazine rings is 1. The first-order valence-corrected chi connectivity index (χ1v) is 13.2. The molecule has 0 bridgehead atoms. The van der Waals surface area contributed by atoms with E-state index in [9.17, 15) is 9.90 Å². The number of benzene rings is 1. The highest BCUT2D eigenvalue weighted by molar-refractivity contribution is 7.17. The molecular formula is C26H29ClN6O3S. The van der Waals surface area contributed by atoms with Gasteiger partial charge in [-0.05, 0) is 25.6 Å². The molecule has 1 amide bonds. The van der Waals surface area contributed by atoms with E-state index < -0.39 is 12.0 Å². The van der Waals surface area contributed by atoms with Crippen molar-refractivity contribution < 1.29 is 14.6 Å². The average molecular weight is 541 g/mol. The van der Waals surface area contributed by atoms with Gasteiger partial charge in [0.1, 0.15) is 16.7 Å². The van der Waals surface area contributed by atoms with Gasteiger partial charge in [0.25, 0.3) is 5.91 Å². The fourth-order valence-electron chi connectivity index (χ4n) is 4.44. The topological polar surface area (TPSA) is 109 Å². The second-order valence-electron chi connectivity index (χ2n) is 9.27. The number of hydrogen-bond donors (Lipinski definition) is 2. The molecule has 3 N–H and O–H groups in total. The van der Waals surface area contributed by atoms with Gasteiger partial charge in [-0.15, -0.1) is 11.3 Å². The van der Waals surface area contributed by atoms with Crippen LogP contribution in [0.3, 0.4) is 0 Å². The quantitative estimate of drug-likeness (QED) is 0.351. The van der Waals surface area contributed by atoms with Gasteiger partial charge in [-0.2, -0.15) is 0 Å². The monoisotopic (exact) mass is 540 g/mol. The van der Waals surface area contributed by atoms with Crippen molar-refractivity contribution in [1.29, 1.82) is 0 Å². The Kier molecular flexibility index (Phi) is 7.45. The van der Waals surface area contributed by atoms with Crippen molar-refractivity contribution in [3.63, 3.8) is 0 Å². The first-order chi connectivity index (χ1) is 17.8. The van der Waals surface area contributed by atoms with E-state index in [0.29, 0.717) is 21.2 Å². The second-order valence-corrected chi connectivity index (χ2v) is 10.7. The normalized spacial score (nSPS) is 15.8. The SMILES string of the molecule is C[C@@H](Oc1cc(-c2cnc3cnc(CN4CCN(C)CC4)cn23)sc1C(N)=O)c1ccc(CO)cc1Cl. The van der Waals surface area contributed by atoms with Crippen molar-refractivity contribution in [1.82, 2.24) is 24.2 Å². The summed E-state index contributed by atoms with van der Waals surface area (Å²) in [4.78, 5) is 27.3. The van der Waals surface area contributed by atoms with E-state index in [0.717, 1.165) is 60.2 Å². The van der Waals surface area contributed by atoms with Gasteiger partial charge in [0.15, 0.2) is 5.65 Å². The minimum Gasteiger partial charge on any atom is -0.484 e. The third kappa shape index (κ3) is 5.48. The van der Waals surface area contributed by atoms with Crippen LogP contribution < -0.4 is 10.5 Å². The minimum absolute atomic E-state index is 0.0964. The molecule has 1 aromatic carbocycles. The number of fused-ring (bicyclic) bond motifs is 1. The Morgan fingerprint density at radius 3 is 2.70 bits per heavy atom. The number of hydrogen-bond acceptors (Lipinski definition) is 8. The number of primary amides is 1.